The average Bonchev–Trinajstić information content (AvgIpc) is 3.23. The van der Waals surface area contributed by atoms with Crippen LogP contribution in [-0.4, -0.2) is 111 Å². The summed E-state index contributed by atoms with van der Waals surface area (Å²) in [5.41, 5.74) is -6.39. The van der Waals surface area contributed by atoms with Crippen molar-refractivity contribution in [2.75, 3.05) is 18.8 Å². The van der Waals surface area contributed by atoms with E-state index in [9.17, 15) is 39.6 Å². The van der Waals surface area contributed by atoms with Crippen molar-refractivity contribution in [3.8, 4) is 0 Å². The molecule has 2 bridgehead atoms. The number of rotatable bonds is 11. The normalized spacial score (nSPS) is 33.1. The zero-order valence-electron chi connectivity index (χ0n) is 33.6. The summed E-state index contributed by atoms with van der Waals surface area (Å²) in [4.78, 5) is 57.2. The second-order valence-corrected chi connectivity index (χ2v) is 17.6. The van der Waals surface area contributed by atoms with Gasteiger partial charge >= 0.3 is 11.9 Å². The van der Waals surface area contributed by atoms with Crippen LogP contribution in [0.1, 0.15) is 72.9 Å². The number of hydrogen-bond acceptors (Lipinski definition) is 13. The molecular formula is C45H51NO12S. The van der Waals surface area contributed by atoms with Crippen molar-refractivity contribution in [3.05, 3.63) is 119 Å². The third-order valence-corrected chi connectivity index (χ3v) is 13.6. The maximum Gasteiger partial charge on any atom is 0.338 e. The van der Waals surface area contributed by atoms with E-state index < -0.39 is 101 Å². The number of carbonyl (C=O) groups is 4. The van der Waals surface area contributed by atoms with E-state index in [1.54, 1.807) is 106 Å². The summed E-state index contributed by atoms with van der Waals surface area (Å²) >= 11 is 1.29. The molecule has 3 aliphatic carbocycles. The molecule has 1 amide bonds. The van der Waals surface area contributed by atoms with Gasteiger partial charge in [-0.15, -0.1) is 11.8 Å². The number of ether oxygens (including phenoxy) is 4. The number of aliphatic hydroxyl groups excluding tert-OH is 2. The standard InChI is InChI=1S/C45H51NO12S/c1-25-29(57-41(52)35(56-24-59-5)33(26-15-9-6-10-16-26)46-39(50)27-17-11-7-12-18-27)22-45(54)38(58-40(51)28-19-13-8-14-20-28)36-43(4,30(47)21-31-44(36,53)23-55-31)37(49)34(48)32(25)42(45,2)3/h6-20,29-31,33-36,38,47-48,53-54H,21-24H2,1-5H3,(H,46,50)/t29?,30?,31?,33?,34?,35?,36?,38?,43-,44+,45?/m1/s1. The van der Waals surface area contributed by atoms with Gasteiger partial charge in [-0.25, -0.2) is 9.59 Å². The van der Waals surface area contributed by atoms with E-state index in [1.165, 1.54) is 30.8 Å². The van der Waals surface area contributed by atoms with Crippen LogP contribution >= 0.6 is 11.8 Å². The van der Waals surface area contributed by atoms with Gasteiger partial charge in [0.1, 0.15) is 29.5 Å². The van der Waals surface area contributed by atoms with Crippen molar-refractivity contribution in [1.82, 2.24) is 5.32 Å². The van der Waals surface area contributed by atoms with Gasteiger partial charge in [0.2, 0.25) is 0 Å². The van der Waals surface area contributed by atoms with Gasteiger partial charge in [0.15, 0.2) is 11.9 Å². The first-order valence-corrected chi connectivity index (χ1v) is 21.1. The fourth-order valence-electron chi connectivity index (χ4n) is 9.83. The molecule has 2 saturated carbocycles. The fraction of sp³-hybridized carbons (Fsp3) is 0.467. The Kier molecular flexibility index (Phi) is 11.7. The summed E-state index contributed by atoms with van der Waals surface area (Å²) < 4.78 is 24.4. The number of benzene rings is 3. The Balaban J connectivity index is 1.34. The average molecular weight is 830 g/mol. The number of ketones is 1. The van der Waals surface area contributed by atoms with Crippen LogP contribution in [0.5, 0.6) is 0 Å². The molecule has 5 N–H and O–H groups in total. The number of hydrogen-bond donors (Lipinski definition) is 5. The van der Waals surface area contributed by atoms with Gasteiger partial charge in [0, 0.05) is 29.7 Å². The number of Topliss-reactive ketones (excluding diaryl/α,β-unsaturated/α-hetero) is 1. The number of aliphatic hydroxyl groups is 4. The van der Waals surface area contributed by atoms with Crippen LogP contribution in [0.4, 0.5) is 0 Å². The molecule has 0 spiro atoms. The van der Waals surface area contributed by atoms with Gasteiger partial charge in [0.25, 0.3) is 5.91 Å². The van der Waals surface area contributed by atoms with E-state index in [-0.39, 0.29) is 35.7 Å². The Morgan fingerprint density at radius 3 is 2.07 bits per heavy atom. The molecule has 0 radical (unpaired) electrons. The Labute approximate surface area is 347 Å². The summed E-state index contributed by atoms with van der Waals surface area (Å²) in [5.74, 6) is -4.60. The Morgan fingerprint density at radius 1 is 0.898 bits per heavy atom. The second-order valence-electron chi connectivity index (χ2n) is 16.8. The number of amides is 1. The van der Waals surface area contributed by atoms with Gasteiger partial charge in [-0.2, -0.15) is 0 Å². The molecule has 59 heavy (non-hydrogen) atoms. The zero-order valence-corrected chi connectivity index (χ0v) is 34.4. The van der Waals surface area contributed by atoms with E-state index >= 15 is 0 Å². The van der Waals surface area contributed by atoms with Crippen LogP contribution in [0.3, 0.4) is 0 Å². The molecule has 3 aromatic carbocycles. The van der Waals surface area contributed by atoms with Crippen LogP contribution in [0.25, 0.3) is 0 Å². The molecule has 1 heterocycles. The Morgan fingerprint density at radius 2 is 1.49 bits per heavy atom. The highest BCUT2D eigenvalue weighted by atomic mass is 32.2. The molecule has 314 valence electrons. The largest absolute Gasteiger partial charge is 0.456 e. The Hall–Kier alpha value is -4.41. The SMILES string of the molecule is CSCOC(C(=O)OC1CC2(O)C(OC(=O)c3ccccc3)C3[C@]4(O)COC4CC(O)[C@@]3(C)C(=O)C(O)C(=C1C)C2(C)C)C(NC(=O)c1ccccc1)c1ccccc1. The molecule has 13 nitrogen and oxygen atoms in total. The maximum absolute atomic E-state index is 14.9. The Bertz CT molecular complexity index is 2100. The van der Waals surface area contributed by atoms with Crippen molar-refractivity contribution >= 4 is 35.4 Å². The number of thioether (sulfide) groups is 1. The molecule has 14 heteroatoms. The summed E-state index contributed by atoms with van der Waals surface area (Å²) in [6.45, 7) is 5.89. The predicted molar refractivity (Wildman–Crippen MR) is 216 cm³/mol. The van der Waals surface area contributed by atoms with Gasteiger partial charge in [-0.3, -0.25) is 9.59 Å². The highest BCUT2D eigenvalue weighted by molar-refractivity contribution is 7.98. The molecule has 3 fully saturated rings. The van der Waals surface area contributed by atoms with Gasteiger partial charge in [-0.05, 0) is 61.1 Å². The van der Waals surface area contributed by atoms with E-state index in [2.05, 4.69) is 5.32 Å². The highest BCUT2D eigenvalue weighted by Gasteiger charge is 2.76. The first-order valence-electron chi connectivity index (χ1n) is 19.7. The molecule has 11 atom stereocenters. The lowest BCUT2D eigenvalue weighted by molar-refractivity contribution is -0.343. The maximum atomic E-state index is 14.9. The number of fused-ring (bicyclic) bond motifs is 5. The molecule has 4 aliphatic rings. The summed E-state index contributed by atoms with van der Waals surface area (Å²) in [6.07, 6.45) is -7.72. The first kappa shape index (κ1) is 42.7. The fourth-order valence-corrected chi connectivity index (χ4v) is 10.1. The zero-order chi connectivity index (χ0) is 42.5. The summed E-state index contributed by atoms with van der Waals surface area (Å²) in [6, 6.07) is 24.2. The molecule has 0 aromatic heterocycles. The number of carbonyl (C=O) groups excluding carboxylic acids is 4. The van der Waals surface area contributed by atoms with E-state index in [0.29, 0.717) is 11.1 Å². The van der Waals surface area contributed by atoms with Crippen molar-refractivity contribution in [2.24, 2.45) is 16.7 Å². The smallest absolute Gasteiger partial charge is 0.338 e. The van der Waals surface area contributed by atoms with E-state index in [0.717, 1.165) is 0 Å². The van der Waals surface area contributed by atoms with E-state index in [4.69, 9.17) is 18.9 Å². The molecule has 7 rings (SSSR count). The molecule has 1 aliphatic heterocycles. The van der Waals surface area contributed by atoms with E-state index in [1.807, 2.05) is 0 Å². The molecule has 1 saturated heterocycles. The molecule has 3 aromatic rings. The summed E-state index contributed by atoms with van der Waals surface area (Å²) in [7, 11) is 0. The summed E-state index contributed by atoms with van der Waals surface area (Å²) in [5, 5.41) is 52.7. The molecule has 9 unspecified atom stereocenters. The third kappa shape index (κ3) is 7.11. The number of nitrogens with one attached hydrogen (secondary N) is 1. The lowest BCUT2D eigenvalue weighted by Crippen LogP contribution is -2.81. The van der Waals surface area contributed by atoms with Crippen molar-refractivity contribution in [2.45, 2.75) is 94.4 Å². The van der Waals surface area contributed by atoms with Gasteiger partial charge in [-0.1, -0.05) is 80.6 Å². The lowest BCUT2D eigenvalue weighted by Gasteiger charge is -2.66. The minimum Gasteiger partial charge on any atom is -0.456 e. The topological polar surface area (TPSA) is 198 Å². The lowest BCUT2D eigenvalue weighted by atomic mass is 9.44. The minimum absolute atomic E-state index is 0.0132. The van der Waals surface area contributed by atoms with Gasteiger partial charge in [0.05, 0.1) is 41.8 Å². The molecular weight excluding hydrogens is 779 g/mol. The monoisotopic (exact) mass is 829 g/mol. The van der Waals surface area contributed by atoms with Crippen LogP contribution in [0.2, 0.25) is 0 Å². The first-order chi connectivity index (χ1) is 28.0. The third-order valence-electron chi connectivity index (χ3n) is 13.3. The van der Waals surface area contributed by atoms with Crippen LogP contribution < -0.4 is 5.32 Å². The minimum atomic E-state index is -2.27. The van der Waals surface area contributed by atoms with Crippen LogP contribution in [0.15, 0.2) is 102 Å². The predicted octanol–water partition coefficient (Wildman–Crippen LogP) is 3.94. The number of esters is 2. The van der Waals surface area contributed by atoms with Crippen molar-refractivity contribution in [3.63, 3.8) is 0 Å². The van der Waals surface area contributed by atoms with Gasteiger partial charge < -0.3 is 44.7 Å². The second kappa shape index (κ2) is 16.2. The highest BCUT2D eigenvalue weighted by Crippen LogP contribution is 2.63. The quantitative estimate of drug-likeness (QED) is 0.106. The van der Waals surface area contributed by atoms with Crippen molar-refractivity contribution < 1.29 is 58.6 Å². The van der Waals surface area contributed by atoms with Crippen LogP contribution in [0, 0.1) is 16.7 Å². The van der Waals surface area contributed by atoms with Crippen LogP contribution in [-0.2, 0) is 28.5 Å². The van der Waals surface area contributed by atoms with Crippen molar-refractivity contribution in [1.29, 1.82) is 0 Å².